The van der Waals surface area contributed by atoms with Crippen molar-refractivity contribution >= 4 is 33.4 Å². The van der Waals surface area contributed by atoms with E-state index in [4.69, 9.17) is 10.5 Å². The van der Waals surface area contributed by atoms with Gasteiger partial charge in [0.15, 0.2) is 0 Å². The van der Waals surface area contributed by atoms with E-state index < -0.39 is 5.91 Å². The van der Waals surface area contributed by atoms with Gasteiger partial charge < -0.3 is 15.8 Å². The first-order chi connectivity index (χ1) is 10.0. The monoisotopic (exact) mass is 348 g/mol. The normalized spacial score (nSPS) is 10.0. The van der Waals surface area contributed by atoms with Gasteiger partial charge in [-0.15, -0.1) is 0 Å². The summed E-state index contributed by atoms with van der Waals surface area (Å²) >= 11 is 3.32. The number of hydrogen-bond donors (Lipinski definition) is 2. The minimum Gasteiger partial charge on any atom is -0.496 e. The Morgan fingerprint density at radius 2 is 1.90 bits per heavy atom. The Hall–Kier alpha value is -2.34. The van der Waals surface area contributed by atoms with Gasteiger partial charge in [-0.25, -0.2) is 0 Å². The average Bonchev–Trinajstić information content (AvgIpc) is 2.47. The van der Waals surface area contributed by atoms with Crippen LogP contribution in [0.25, 0.3) is 0 Å². The first kappa shape index (κ1) is 15.1. The van der Waals surface area contributed by atoms with Gasteiger partial charge in [0.05, 0.1) is 22.8 Å². The lowest BCUT2D eigenvalue weighted by Gasteiger charge is -2.10. The molecule has 0 atom stereocenters. The summed E-state index contributed by atoms with van der Waals surface area (Å²) in [5.41, 5.74) is 6.35. The quantitative estimate of drug-likeness (QED) is 0.891. The maximum Gasteiger partial charge on any atom is 0.255 e. The van der Waals surface area contributed by atoms with Gasteiger partial charge in [-0.05, 0) is 46.3 Å². The molecule has 0 radical (unpaired) electrons. The third kappa shape index (κ3) is 3.41. The SMILES string of the molecule is COc1ccc(C(=O)Nc2ccccc2C(N)=O)cc1Br. The first-order valence-electron chi connectivity index (χ1n) is 6.06. The second-order valence-electron chi connectivity index (χ2n) is 4.21. The fourth-order valence-corrected chi connectivity index (χ4v) is 2.35. The molecule has 21 heavy (non-hydrogen) atoms. The van der Waals surface area contributed by atoms with Gasteiger partial charge >= 0.3 is 0 Å². The van der Waals surface area contributed by atoms with E-state index in [0.29, 0.717) is 21.5 Å². The van der Waals surface area contributed by atoms with Crippen LogP contribution >= 0.6 is 15.9 Å². The number of ether oxygens (including phenoxy) is 1. The Morgan fingerprint density at radius 1 is 1.19 bits per heavy atom. The third-order valence-electron chi connectivity index (χ3n) is 2.85. The van der Waals surface area contributed by atoms with E-state index in [0.717, 1.165) is 0 Å². The van der Waals surface area contributed by atoms with E-state index >= 15 is 0 Å². The van der Waals surface area contributed by atoms with Crippen molar-refractivity contribution in [3.8, 4) is 5.75 Å². The molecular formula is C15H13BrN2O3. The van der Waals surface area contributed by atoms with Crippen molar-refractivity contribution in [3.63, 3.8) is 0 Å². The predicted octanol–water partition coefficient (Wildman–Crippen LogP) is 2.81. The minimum absolute atomic E-state index is 0.262. The molecule has 2 aromatic carbocycles. The predicted molar refractivity (Wildman–Crippen MR) is 83.6 cm³/mol. The number of hydrogen-bond acceptors (Lipinski definition) is 3. The zero-order valence-corrected chi connectivity index (χ0v) is 12.8. The van der Waals surface area contributed by atoms with E-state index in [1.807, 2.05) is 0 Å². The fraction of sp³-hybridized carbons (Fsp3) is 0.0667. The molecule has 0 bridgehead atoms. The van der Waals surface area contributed by atoms with E-state index in [9.17, 15) is 9.59 Å². The molecule has 0 aliphatic carbocycles. The lowest BCUT2D eigenvalue weighted by Crippen LogP contribution is -2.18. The molecule has 0 aliphatic heterocycles. The zero-order valence-electron chi connectivity index (χ0n) is 11.2. The molecule has 0 aromatic heterocycles. The van der Waals surface area contributed by atoms with Crippen LogP contribution in [0.1, 0.15) is 20.7 Å². The smallest absolute Gasteiger partial charge is 0.255 e. The van der Waals surface area contributed by atoms with Crippen LogP contribution in [0.2, 0.25) is 0 Å². The van der Waals surface area contributed by atoms with Crippen LogP contribution in [-0.2, 0) is 0 Å². The average molecular weight is 349 g/mol. The molecule has 0 aliphatic rings. The highest BCUT2D eigenvalue weighted by Crippen LogP contribution is 2.26. The molecule has 0 saturated carbocycles. The molecule has 0 saturated heterocycles. The van der Waals surface area contributed by atoms with Gasteiger partial charge in [-0.2, -0.15) is 0 Å². The van der Waals surface area contributed by atoms with Crippen molar-refractivity contribution in [3.05, 3.63) is 58.1 Å². The number of halogens is 1. The van der Waals surface area contributed by atoms with Crippen LogP contribution in [0.3, 0.4) is 0 Å². The number of nitrogens with one attached hydrogen (secondary N) is 1. The molecule has 3 N–H and O–H groups in total. The molecule has 2 amide bonds. The van der Waals surface area contributed by atoms with E-state index in [1.165, 1.54) is 0 Å². The molecule has 2 aromatic rings. The van der Waals surface area contributed by atoms with E-state index in [1.54, 1.807) is 49.6 Å². The molecule has 0 heterocycles. The van der Waals surface area contributed by atoms with Gasteiger partial charge in [0.25, 0.3) is 11.8 Å². The Balaban J connectivity index is 2.26. The summed E-state index contributed by atoms with van der Waals surface area (Å²) in [4.78, 5) is 23.5. The van der Waals surface area contributed by atoms with Gasteiger partial charge in [0.1, 0.15) is 5.75 Å². The molecule has 2 rings (SSSR count). The second kappa shape index (κ2) is 6.41. The van der Waals surface area contributed by atoms with Gasteiger partial charge in [-0.3, -0.25) is 9.59 Å². The topological polar surface area (TPSA) is 81.4 Å². The van der Waals surface area contributed by atoms with E-state index in [2.05, 4.69) is 21.2 Å². The van der Waals surface area contributed by atoms with Crippen LogP contribution in [0.15, 0.2) is 46.9 Å². The highest BCUT2D eigenvalue weighted by molar-refractivity contribution is 9.10. The van der Waals surface area contributed by atoms with Gasteiger partial charge in [0.2, 0.25) is 0 Å². The number of amides is 2. The summed E-state index contributed by atoms with van der Waals surface area (Å²) in [6.45, 7) is 0. The zero-order chi connectivity index (χ0) is 15.4. The highest BCUT2D eigenvalue weighted by atomic mass is 79.9. The number of methoxy groups -OCH3 is 1. The molecule has 6 heteroatoms. The third-order valence-corrected chi connectivity index (χ3v) is 3.47. The van der Waals surface area contributed by atoms with Crippen LogP contribution in [0.5, 0.6) is 5.75 Å². The van der Waals surface area contributed by atoms with Crippen molar-refractivity contribution in [2.45, 2.75) is 0 Å². The molecular weight excluding hydrogens is 336 g/mol. The van der Waals surface area contributed by atoms with E-state index in [-0.39, 0.29) is 11.5 Å². The van der Waals surface area contributed by atoms with Crippen molar-refractivity contribution in [1.29, 1.82) is 0 Å². The Kier molecular flexibility index (Phi) is 4.59. The van der Waals surface area contributed by atoms with Crippen LogP contribution < -0.4 is 15.8 Å². The number of rotatable bonds is 4. The Bertz CT molecular complexity index is 701. The molecule has 0 spiro atoms. The molecule has 0 unspecified atom stereocenters. The van der Waals surface area contributed by atoms with Gasteiger partial charge in [-0.1, -0.05) is 12.1 Å². The summed E-state index contributed by atoms with van der Waals surface area (Å²) in [5, 5.41) is 2.67. The fourth-order valence-electron chi connectivity index (χ4n) is 1.81. The van der Waals surface area contributed by atoms with Crippen LogP contribution in [0.4, 0.5) is 5.69 Å². The number of para-hydroxylation sites is 1. The second-order valence-corrected chi connectivity index (χ2v) is 5.07. The summed E-state index contributed by atoms with van der Waals surface area (Å²) in [6, 6.07) is 11.5. The lowest BCUT2D eigenvalue weighted by molar-refractivity contribution is 0.100. The molecule has 5 nitrogen and oxygen atoms in total. The largest absolute Gasteiger partial charge is 0.496 e. The minimum atomic E-state index is -0.596. The van der Waals surface area contributed by atoms with Crippen molar-refractivity contribution in [1.82, 2.24) is 0 Å². The first-order valence-corrected chi connectivity index (χ1v) is 6.86. The van der Waals surface area contributed by atoms with Crippen LogP contribution in [0, 0.1) is 0 Å². The number of carbonyl (C=O) groups excluding carboxylic acids is 2. The number of benzene rings is 2. The highest BCUT2D eigenvalue weighted by Gasteiger charge is 2.13. The van der Waals surface area contributed by atoms with Crippen molar-refractivity contribution in [2.75, 3.05) is 12.4 Å². The molecule has 108 valence electrons. The van der Waals surface area contributed by atoms with Gasteiger partial charge in [0, 0.05) is 5.56 Å². The summed E-state index contributed by atoms with van der Waals surface area (Å²) < 4.78 is 5.78. The van der Waals surface area contributed by atoms with Crippen molar-refractivity contribution < 1.29 is 14.3 Å². The number of nitrogens with two attached hydrogens (primary N) is 1. The molecule has 0 fully saturated rings. The number of anilines is 1. The standard InChI is InChI=1S/C15H13BrN2O3/c1-21-13-7-6-9(8-11(13)16)15(20)18-12-5-3-2-4-10(12)14(17)19/h2-8H,1H3,(H2,17,19)(H,18,20). The number of primary amides is 1. The Labute approximate surface area is 130 Å². The summed E-state index contributed by atoms with van der Waals surface area (Å²) in [5.74, 6) is -0.307. The van der Waals surface area contributed by atoms with Crippen LogP contribution in [-0.4, -0.2) is 18.9 Å². The number of carbonyl (C=O) groups is 2. The van der Waals surface area contributed by atoms with Crippen molar-refractivity contribution in [2.24, 2.45) is 5.73 Å². The Morgan fingerprint density at radius 3 is 2.52 bits per heavy atom. The maximum atomic E-state index is 12.2. The summed E-state index contributed by atoms with van der Waals surface area (Å²) in [6.07, 6.45) is 0. The maximum absolute atomic E-state index is 12.2. The summed E-state index contributed by atoms with van der Waals surface area (Å²) in [7, 11) is 1.54. The lowest BCUT2D eigenvalue weighted by atomic mass is 10.1.